The van der Waals surface area contributed by atoms with Crippen molar-refractivity contribution in [1.82, 2.24) is 9.97 Å². The van der Waals surface area contributed by atoms with E-state index in [4.69, 9.17) is 0 Å². The van der Waals surface area contributed by atoms with Crippen molar-refractivity contribution >= 4 is 13.3 Å². The molecule has 0 saturated carbocycles. The van der Waals surface area contributed by atoms with E-state index in [0.29, 0.717) is 0 Å². The Bertz CT molecular complexity index is 1320. The van der Waals surface area contributed by atoms with Crippen LogP contribution >= 0.6 is 0 Å². The quantitative estimate of drug-likeness (QED) is 0.147. The molecule has 2 nitrogen and oxygen atoms in total. The molecule has 0 unspecified atom stereocenters. The second-order valence-corrected chi connectivity index (χ2v) is 14.5. The van der Waals surface area contributed by atoms with Crippen molar-refractivity contribution < 1.29 is 20.1 Å². The Balaban J connectivity index is 0.000000198. The average Bonchev–Trinajstić information content (AvgIpc) is 2.90. The largest absolute Gasteiger partial charge is 0.305 e. The Morgan fingerprint density at radius 3 is 2.00 bits per heavy atom. The molecule has 2 heterocycles. The smallest absolute Gasteiger partial charge is 0.0795 e. The molecule has 2 aromatic heterocycles. The van der Waals surface area contributed by atoms with Gasteiger partial charge in [0.2, 0.25) is 0 Å². The molecular weight excluding hydrogens is 633 g/mol. The van der Waals surface area contributed by atoms with Gasteiger partial charge in [-0.1, -0.05) is 74.2 Å². The molecular formula is C32H30IrN2Si-2. The summed E-state index contributed by atoms with van der Waals surface area (Å²) >= 11 is 0. The third-order valence-electron chi connectivity index (χ3n) is 5.67. The molecule has 0 saturated heterocycles. The molecule has 0 spiro atoms. The van der Waals surface area contributed by atoms with E-state index in [1.54, 1.807) is 0 Å². The van der Waals surface area contributed by atoms with Crippen molar-refractivity contribution in [3.63, 3.8) is 0 Å². The molecule has 4 heteroatoms. The second kappa shape index (κ2) is 13.2. The minimum Gasteiger partial charge on any atom is -0.305 e. The molecule has 0 fully saturated rings. The summed E-state index contributed by atoms with van der Waals surface area (Å²) in [5.74, 6) is 0. The summed E-state index contributed by atoms with van der Waals surface area (Å²) in [6, 6.07) is 41.4. The monoisotopic (exact) mass is 663 g/mol. The molecule has 0 amide bonds. The second-order valence-electron chi connectivity index (χ2n) is 9.45. The predicted octanol–water partition coefficient (Wildman–Crippen LogP) is 7.23. The minimum atomic E-state index is -1.23. The summed E-state index contributed by atoms with van der Waals surface area (Å²) in [5, 5.41) is 1.40. The summed E-state index contributed by atoms with van der Waals surface area (Å²) in [6.45, 7) is 7.00. The number of benzene rings is 3. The third-order valence-corrected chi connectivity index (χ3v) is 7.70. The van der Waals surface area contributed by atoms with E-state index in [-0.39, 0.29) is 20.1 Å². The van der Waals surface area contributed by atoms with E-state index in [0.717, 1.165) is 28.9 Å². The number of aromatic nitrogens is 2. The molecule has 5 aromatic rings. The van der Waals surface area contributed by atoms with E-state index in [9.17, 15) is 0 Å². The van der Waals surface area contributed by atoms with Gasteiger partial charge < -0.3 is 9.97 Å². The fourth-order valence-corrected chi connectivity index (χ4v) is 4.71. The first-order valence-corrected chi connectivity index (χ1v) is 15.4. The van der Waals surface area contributed by atoms with Crippen LogP contribution in [-0.2, 0) is 26.5 Å². The maximum absolute atomic E-state index is 4.52. The molecule has 3 aromatic carbocycles. The molecule has 1 radical (unpaired) electrons. The first-order chi connectivity index (χ1) is 17.0. The van der Waals surface area contributed by atoms with Crippen LogP contribution in [0.2, 0.25) is 19.6 Å². The Labute approximate surface area is 229 Å². The van der Waals surface area contributed by atoms with E-state index in [1.165, 1.54) is 16.3 Å². The van der Waals surface area contributed by atoms with E-state index >= 15 is 0 Å². The zero-order valence-corrected chi connectivity index (χ0v) is 24.3. The van der Waals surface area contributed by atoms with Gasteiger partial charge in [0, 0.05) is 32.5 Å². The van der Waals surface area contributed by atoms with Crippen LogP contribution in [0.4, 0.5) is 0 Å². The molecule has 0 bridgehead atoms. The Morgan fingerprint density at radius 2 is 1.36 bits per heavy atom. The van der Waals surface area contributed by atoms with E-state index in [1.807, 2.05) is 67.0 Å². The topological polar surface area (TPSA) is 25.8 Å². The van der Waals surface area contributed by atoms with E-state index in [2.05, 4.69) is 90.3 Å². The fraction of sp³-hybridized carbons (Fsp3) is 0.125. The van der Waals surface area contributed by atoms with Crippen molar-refractivity contribution in [3.05, 3.63) is 139 Å². The van der Waals surface area contributed by atoms with Crippen LogP contribution in [0.1, 0.15) is 11.1 Å². The first kappa shape index (κ1) is 27.4. The number of nitrogens with zero attached hydrogens (tertiary/aromatic N) is 2. The molecule has 183 valence electrons. The summed E-state index contributed by atoms with van der Waals surface area (Å²) in [5.41, 5.74) is 6.69. The number of pyridine rings is 2. The van der Waals surface area contributed by atoms with Gasteiger partial charge in [-0.05, 0) is 34.6 Å². The number of hydrogen-bond acceptors (Lipinski definition) is 2. The summed E-state index contributed by atoms with van der Waals surface area (Å²) < 4.78 is 0. The van der Waals surface area contributed by atoms with Crippen molar-refractivity contribution in [2.75, 3.05) is 0 Å². The average molecular weight is 663 g/mol. The van der Waals surface area contributed by atoms with Gasteiger partial charge in [0.25, 0.3) is 0 Å². The molecule has 0 aliphatic rings. The van der Waals surface area contributed by atoms with Crippen molar-refractivity contribution in [3.8, 4) is 22.5 Å². The standard InChI is InChI=1S/C18H14N.C14H16NSi.Ir/c1-2-7-15(8-3-1)13-16-9-6-10-17(14-16)18-11-4-5-12-19-18;1-16(2,3)13-9-10-14(15-11-13)12-7-5-4-6-8-12;/h1-9,11-12,14H,13H2;4-7,9-11H,1-3H3;/q2*-1;. The van der Waals surface area contributed by atoms with Gasteiger partial charge in [0.15, 0.2) is 0 Å². The van der Waals surface area contributed by atoms with Crippen LogP contribution in [0.15, 0.2) is 116 Å². The van der Waals surface area contributed by atoms with Crippen LogP contribution in [-0.4, -0.2) is 18.0 Å². The van der Waals surface area contributed by atoms with Gasteiger partial charge in [0.1, 0.15) is 0 Å². The maximum atomic E-state index is 4.52. The van der Waals surface area contributed by atoms with Crippen molar-refractivity contribution in [2.45, 2.75) is 26.1 Å². The molecule has 0 atom stereocenters. The normalized spacial score (nSPS) is 10.5. The van der Waals surface area contributed by atoms with Crippen molar-refractivity contribution in [1.29, 1.82) is 0 Å². The first-order valence-electron chi connectivity index (χ1n) is 11.9. The fourth-order valence-electron chi connectivity index (χ4n) is 3.67. The van der Waals surface area contributed by atoms with Crippen LogP contribution in [0.25, 0.3) is 22.5 Å². The maximum Gasteiger partial charge on any atom is 0.0795 e. The summed E-state index contributed by atoms with van der Waals surface area (Å²) in [6.07, 6.45) is 4.77. The van der Waals surface area contributed by atoms with Gasteiger partial charge in [0.05, 0.1) is 8.07 Å². The Morgan fingerprint density at radius 1 is 0.639 bits per heavy atom. The van der Waals surface area contributed by atoms with Gasteiger partial charge in [-0.15, -0.1) is 71.3 Å². The van der Waals surface area contributed by atoms with Gasteiger partial charge in [-0.2, -0.15) is 0 Å². The summed E-state index contributed by atoms with van der Waals surface area (Å²) in [7, 11) is -1.23. The molecule has 0 N–H and O–H groups in total. The Kier molecular flexibility index (Phi) is 10.1. The van der Waals surface area contributed by atoms with Gasteiger partial charge in [-0.3, -0.25) is 0 Å². The predicted molar refractivity (Wildman–Crippen MR) is 149 cm³/mol. The third kappa shape index (κ3) is 7.92. The van der Waals surface area contributed by atoms with Crippen LogP contribution in [0.5, 0.6) is 0 Å². The van der Waals surface area contributed by atoms with Gasteiger partial charge >= 0.3 is 0 Å². The van der Waals surface area contributed by atoms with E-state index < -0.39 is 8.07 Å². The van der Waals surface area contributed by atoms with Crippen LogP contribution < -0.4 is 5.19 Å². The molecule has 5 rings (SSSR count). The summed E-state index contributed by atoms with van der Waals surface area (Å²) in [4.78, 5) is 8.88. The van der Waals surface area contributed by atoms with Gasteiger partial charge in [-0.25, -0.2) is 0 Å². The molecule has 0 aliphatic heterocycles. The molecule has 0 aliphatic carbocycles. The minimum absolute atomic E-state index is 0. The SMILES string of the molecule is C[Si](C)(C)c1ccc(-c2[c-]cccc2)nc1.[Ir].[c-]1ccc(Cc2ccccc2)cc1-c1ccccn1. The zero-order valence-electron chi connectivity index (χ0n) is 20.9. The number of rotatable bonds is 5. The van der Waals surface area contributed by atoms with Crippen molar-refractivity contribution in [2.24, 2.45) is 0 Å². The Hall–Kier alpha value is -3.17. The van der Waals surface area contributed by atoms with Crippen LogP contribution in [0.3, 0.4) is 0 Å². The molecule has 36 heavy (non-hydrogen) atoms. The van der Waals surface area contributed by atoms with Crippen LogP contribution in [0, 0.1) is 12.1 Å². The zero-order chi connectivity index (χ0) is 24.5. The number of hydrogen-bond donors (Lipinski definition) is 0.